The molecule has 1 aliphatic heterocycles. The Kier molecular flexibility index (Phi) is 5.53. The average Bonchev–Trinajstić information content (AvgIpc) is 2.55. The molecule has 0 atom stereocenters. The number of aliphatic hydroxyl groups excluding tert-OH is 1. The van der Waals surface area contributed by atoms with E-state index in [0.717, 1.165) is 11.0 Å². The highest BCUT2D eigenvalue weighted by Gasteiger charge is 2.36. The predicted octanol–water partition coefficient (Wildman–Crippen LogP) is 1.45. The van der Waals surface area contributed by atoms with Crippen LogP contribution in [0.4, 0.5) is 13.2 Å². The first-order chi connectivity index (χ1) is 12.1. The molecular formula is C16H15F3N2O5. The molecule has 0 radical (unpaired) electrons. The van der Waals surface area contributed by atoms with Crippen LogP contribution >= 0.6 is 0 Å². The minimum absolute atomic E-state index is 0.0768. The number of carboxylic acids is 1. The molecule has 0 aromatic heterocycles. The summed E-state index contributed by atoms with van der Waals surface area (Å²) >= 11 is 0. The van der Waals surface area contributed by atoms with Gasteiger partial charge >= 0.3 is 12.1 Å². The molecule has 0 unspecified atom stereocenters. The minimum Gasteiger partial charge on any atom is -0.511 e. The standard InChI is InChI=1S/C16H15F3N2O5/c17-16(18,19)10-4-2-1-3-9(10)8-21-6-5-11(22)13(15(21)26)14(25)20-7-12(23)24/h1-4,22H,5-8H2,(H,20,25)(H,23,24). The van der Waals surface area contributed by atoms with Crippen LogP contribution in [0.25, 0.3) is 0 Å². The van der Waals surface area contributed by atoms with E-state index in [9.17, 15) is 32.7 Å². The van der Waals surface area contributed by atoms with Gasteiger partial charge in [0.15, 0.2) is 0 Å². The van der Waals surface area contributed by atoms with E-state index in [4.69, 9.17) is 5.11 Å². The first-order valence-corrected chi connectivity index (χ1v) is 7.47. The third kappa shape index (κ3) is 4.32. The van der Waals surface area contributed by atoms with Gasteiger partial charge in [0.25, 0.3) is 11.8 Å². The summed E-state index contributed by atoms with van der Waals surface area (Å²) in [6, 6.07) is 4.73. The summed E-state index contributed by atoms with van der Waals surface area (Å²) in [6.07, 6.45) is -4.73. The number of amides is 2. The number of benzene rings is 1. The maximum Gasteiger partial charge on any atom is 0.416 e. The van der Waals surface area contributed by atoms with Crippen molar-refractivity contribution < 1.29 is 37.8 Å². The largest absolute Gasteiger partial charge is 0.511 e. The van der Waals surface area contributed by atoms with E-state index in [2.05, 4.69) is 0 Å². The number of nitrogens with zero attached hydrogens (tertiary/aromatic N) is 1. The van der Waals surface area contributed by atoms with Crippen molar-refractivity contribution in [1.29, 1.82) is 0 Å². The fraction of sp³-hybridized carbons (Fsp3) is 0.312. The van der Waals surface area contributed by atoms with Crippen LogP contribution in [-0.2, 0) is 27.1 Å². The van der Waals surface area contributed by atoms with Crippen molar-refractivity contribution in [3.8, 4) is 0 Å². The van der Waals surface area contributed by atoms with Gasteiger partial charge in [-0.1, -0.05) is 18.2 Å². The van der Waals surface area contributed by atoms with Crippen molar-refractivity contribution >= 4 is 17.8 Å². The Morgan fingerprint density at radius 3 is 2.50 bits per heavy atom. The lowest BCUT2D eigenvalue weighted by Crippen LogP contribution is -2.43. The third-order valence-electron chi connectivity index (χ3n) is 3.72. The minimum atomic E-state index is -4.60. The van der Waals surface area contributed by atoms with Crippen molar-refractivity contribution in [2.24, 2.45) is 0 Å². The second-order valence-electron chi connectivity index (χ2n) is 5.53. The summed E-state index contributed by atoms with van der Waals surface area (Å²) in [5.74, 6) is -3.94. The van der Waals surface area contributed by atoms with Crippen LogP contribution < -0.4 is 5.32 Å². The molecule has 2 amide bonds. The number of hydrogen-bond acceptors (Lipinski definition) is 4. The predicted molar refractivity (Wildman–Crippen MR) is 81.8 cm³/mol. The number of nitrogens with one attached hydrogen (secondary N) is 1. The highest BCUT2D eigenvalue weighted by molar-refractivity contribution is 6.19. The van der Waals surface area contributed by atoms with E-state index in [0.29, 0.717) is 0 Å². The van der Waals surface area contributed by atoms with E-state index >= 15 is 0 Å². The van der Waals surface area contributed by atoms with Crippen LogP contribution in [0.2, 0.25) is 0 Å². The van der Waals surface area contributed by atoms with Gasteiger partial charge in [0.1, 0.15) is 17.9 Å². The van der Waals surface area contributed by atoms with Crippen LogP contribution in [0, 0.1) is 0 Å². The fourth-order valence-electron chi connectivity index (χ4n) is 2.51. The number of aliphatic hydroxyl groups is 1. The zero-order valence-corrected chi connectivity index (χ0v) is 13.3. The number of carboxylic acid groups (broad SMARTS) is 1. The molecule has 1 aromatic carbocycles. The van der Waals surface area contributed by atoms with E-state index in [1.165, 1.54) is 18.2 Å². The molecule has 26 heavy (non-hydrogen) atoms. The zero-order chi connectivity index (χ0) is 19.5. The second-order valence-corrected chi connectivity index (χ2v) is 5.53. The Hall–Kier alpha value is -3.04. The molecule has 0 aliphatic carbocycles. The Bertz CT molecular complexity index is 773. The maximum atomic E-state index is 13.1. The summed E-state index contributed by atoms with van der Waals surface area (Å²) in [5.41, 5.74) is -1.72. The number of rotatable bonds is 5. The normalized spacial score (nSPS) is 15.2. The molecule has 0 bridgehead atoms. The monoisotopic (exact) mass is 372 g/mol. The number of hydrogen-bond donors (Lipinski definition) is 3. The number of aliphatic carboxylic acids is 1. The molecular weight excluding hydrogens is 357 g/mol. The Labute approximate surface area is 145 Å². The zero-order valence-electron chi connectivity index (χ0n) is 13.3. The summed E-state index contributed by atoms with van der Waals surface area (Å²) in [4.78, 5) is 35.8. The van der Waals surface area contributed by atoms with Gasteiger partial charge in [-0.2, -0.15) is 13.2 Å². The molecule has 2 rings (SSSR count). The van der Waals surface area contributed by atoms with Crippen LogP contribution in [0.15, 0.2) is 35.6 Å². The molecule has 1 aliphatic rings. The molecule has 7 nitrogen and oxygen atoms in total. The van der Waals surface area contributed by atoms with Crippen LogP contribution in [0.5, 0.6) is 0 Å². The molecule has 0 spiro atoms. The van der Waals surface area contributed by atoms with Crippen molar-refractivity contribution in [3.63, 3.8) is 0 Å². The van der Waals surface area contributed by atoms with Crippen molar-refractivity contribution in [1.82, 2.24) is 10.2 Å². The molecule has 3 N–H and O–H groups in total. The molecule has 0 fully saturated rings. The Balaban J connectivity index is 2.23. The van der Waals surface area contributed by atoms with Crippen LogP contribution in [-0.4, -0.2) is 46.0 Å². The highest BCUT2D eigenvalue weighted by atomic mass is 19.4. The lowest BCUT2D eigenvalue weighted by Gasteiger charge is -2.29. The lowest BCUT2D eigenvalue weighted by molar-refractivity contribution is -0.140. The van der Waals surface area contributed by atoms with Gasteiger partial charge in [0.05, 0.1) is 5.56 Å². The number of carbonyl (C=O) groups excluding carboxylic acids is 2. The maximum absolute atomic E-state index is 13.1. The van der Waals surface area contributed by atoms with Crippen LogP contribution in [0.1, 0.15) is 17.5 Å². The van der Waals surface area contributed by atoms with E-state index in [1.54, 1.807) is 0 Å². The quantitative estimate of drug-likeness (QED) is 0.679. The summed E-state index contributed by atoms with van der Waals surface area (Å²) in [6.45, 7) is -1.25. The van der Waals surface area contributed by atoms with Gasteiger partial charge in [-0.15, -0.1) is 0 Å². The lowest BCUT2D eigenvalue weighted by atomic mass is 10.0. The fourth-order valence-corrected chi connectivity index (χ4v) is 2.51. The number of carbonyl (C=O) groups is 3. The molecule has 140 valence electrons. The first kappa shape index (κ1) is 19.3. The van der Waals surface area contributed by atoms with Gasteiger partial charge in [-0.05, 0) is 11.6 Å². The Morgan fingerprint density at radius 1 is 1.23 bits per heavy atom. The first-order valence-electron chi connectivity index (χ1n) is 7.47. The van der Waals surface area contributed by atoms with E-state index in [-0.39, 0.29) is 18.5 Å². The second kappa shape index (κ2) is 7.46. The van der Waals surface area contributed by atoms with Gasteiger partial charge in [-0.25, -0.2) is 0 Å². The third-order valence-corrected chi connectivity index (χ3v) is 3.72. The van der Waals surface area contributed by atoms with Crippen LogP contribution in [0.3, 0.4) is 0 Å². The van der Waals surface area contributed by atoms with Gasteiger partial charge in [-0.3, -0.25) is 14.4 Å². The smallest absolute Gasteiger partial charge is 0.416 e. The topological polar surface area (TPSA) is 107 Å². The summed E-state index contributed by atoms with van der Waals surface area (Å²) in [7, 11) is 0. The SMILES string of the molecule is O=C(O)CNC(=O)C1=C(O)CCN(Cc2ccccc2C(F)(F)F)C1=O. The molecule has 1 aromatic rings. The van der Waals surface area contributed by atoms with Gasteiger partial charge in [0.2, 0.25) is 0 Å². The highest BCUT2D eigenvalue weighted by Crippen LogP contribution is 2.33. The molecule has 1 heterocycles. The summed E-state index contributed by atoms with van der Waals surface area (Å²) in [5, 5.41) is 20.3. The van der Waals surface area contributed by atoms with E-state index in [1.807, 2.05) is 5.32 Å². The average molecular weight is 372 g/mol. The van der Waals surface area contributed by atoms with E-state index < -0.39 is 53.9 Å². The molecule has 10 heteroatoms. The summed E-state index contributed by atoms with van der Waals surface area (Å²) < 4.78 is 39.2. The van der Waals surface area contributed by atoms with Gasteiger partial charge in [0, 0.05) is 19.5 Å². The number of halogens is 3. The Morgan fingerprint density at radius 2 is 1.88 bits per heavy atom. The van der Waals surface area contributed by atoms with Gasteiger partial charge < -0.3 is 20.4 Å². The molecule has 0 saturated heterocycles. The van der Waals surface area contributed by atoms with Crippen molar-refractivity contribution in [2.45, 2.75) is 19.1 Å². The van der Waals surface area contributed by atoms with Crippen molar-refractivity contribution in [3.05, 3.63) is 46.7 Å². The molecule has 0 saturated carbocycles. The number of alkyl halides is 3. The van der Waals surface area contributed by atoms with Crippen molar-refractivity contribution in [2.75, 3.05) is 13.1 Å².